The van der Waals surface area contributed by atoms with Crippen molar-refractivity contribution in [2.75, 3.05) is 23.4 Å². The van der Waals surface area contributed by atoms with Crippen LogP contribution in [0.2, 0.25) is 0 Å². The van der Waals surface area contributed by atoms with E-state index in [1.54, 1.807) is 50.2 Å². The Balaban J connectivity index is 1.50. The molecule has 0 bridgehead atoms. The Labute approximate surface area is 202 Å². The second-order valence-electron chi connectivity index (χ2n) is 7.92. The lowest BCUT2D eigenvalue weighted by atomic mass is 10.2. The largest absolute Gasteiger partial charge is 0.452 e. The standard InChI is InChI=1S/C25H22N2O7S/c1-16-11-12-17(2)22(13-16)35(31,32)34-21-10-6-3-7-18(21)25(30)33-15-24(29)27-14-23(28)26-19-8-4-5-9-20(19)27/h3-13H,14-15H2,1-2H3,(H,26,28). The molecule has 4 rings (SSSR count). The van der Waals surface area contributed by atoms with Gasteiger partial charge in [-0.05, 0) is 55.3 Å². The Bertz CT molecular complexity index is 1430. The lowest BCUT2D eigenvalue weighted by molar-refractivity contribution is -0.124. The van der Waals surface area contributed by atoms with Crippen LogP contribution in [0, 0.1) is 13.8 Å². The number of amides is 2. The Morgan fingerprint density at radius 2 is 1.71 bits per heavy atom. The number of carbonyl (C=O) groups is 3. The van der Waals surface area contributed by atoms with Crippen molar-refractivity contribution in [2.24, 2.45) is 0 Å². The van der Waals surface area contributed by atoms with Gasteiger partial charge in [-0.2, -0.15) is 8.42 Å². The first-order valence-electron chi connectivity index (χ1n) is 10.6. The highest BCUT2D eigenvalue weighted by Crippen LogP contribution is 2.29. The first-order chi connectivity index (χ1) is 16.7. The van der Waals surface area contributed by atoms with Crippen LogP contribution in [-0.4, -0.2) is 39.4 Å². The third-order valence-electron chi connectivity index (χ3n) is 5.32. The fourth-order valence-corrected chi connectivity index (χ4v) is 4.85. The predicted molar refractivity (Wildman–Crippen MR) is 128 cm³/mol. The molecule has 3 aromatic carbocycles. The average Bonchev–Trinajstić information content (AvgIpc) is 2.83. The fourth-order valence-electron chi connectivity index (χ4n) is 3.59. The van der Waals surface area contributed by atoms with Crippen LogP contribution in [0.3, 0.4) is 0 Å². The number of para-hydroxylation sites is 3. The van der Waals surface area contributed by atoms with Crippen LogP contribution in [0.1, 0.15) is 21.5 Å². The van der Waals surface area contributed by atoms with Crippen molar-refractivity contribution in [1.29, 1.82) is 0 Å². The lowest BCUT2D eigenvalue weighted by Gasteiger charge is -2.28. The highest BCUT2D eigenvalue weighted by Gasteiger charge is 2.28. The fraction of sp³-hybridized carbons (Fsp3) is 0.160. The molecule has 180 valence electrons. The van der Waals surface area contributed by atoms with Gasteiger partial charge in [-0.3, -0.25) is 14.5 Å². The molecule has 0 saturated heterocycles. The molecule has 0 atom stereocenters. The molecule has 0 spiro atoms. The molecule has 0 aliphatic carbocycles. The molecule has 3 aromatic rings. The molecule has 35 heavy (non-hydrogen) atoms. The molecular weight excluding hydrogens is 472 g/mol. The van der Waals surface area contributed by atoms with Gasteiger partial charge < -0.3 is 14.2 Å². The zero-order valence-corrected chi connectivity index (χ0v) is 19.8. The molecule has 2 amide bonds. The van der Waals surface area contributed by atoms with Crippen molar-refractivity contribution in [1.82, 2.24) is 0 Å². The molecule has 0 saturated carbocycles. The van der Waals surface area contributed by atoms with Crippen molar-refractivity contribution in [3.05, 3.63) is 83.4 Å². The highest BCUT2D eigenvalue weighted by atomic mass is 32.2. The van der Waals surface area contributed by atoms with E-state index in [1.807, 2.05) is 0 Å². The van der Waals surface area contributed by atoms with Gasteiger partial charge in [0.05, 0.1) is 11.4 Å². The number of hydrogen-bond acceptors (Lipinski definition) is 7. The summed E-state index contributed by atoms with van der Waals surface area (Å²) in [4.78, 5) is 38.7. The number of ether oxygens (including phenoxy) is 1. The lowest BCUT2D eigenvalue weighted by Crippen LogP contribution is -2.44. The van der Waals surface area contributed by atoms with E-state index in [9.17, 15) is 22.8 Å². The first kappa shape index (κ1) is 24.0. The van der Waals surface area contributed by atoms with E-state index in [4.69, 9.17) is 8.92 Å². The number of fused-ring (bicyclic) bond motifs is 1. The number of nitrogens with zero attached hydrogens (tertiary/aromatic N) is 1. The van der Waals surface area contributed by atoms with Crippen molar-refractivity contribution in [3.63, 3.8) is 0 Å². The number of benzene rings is 3. The summed E-state index contributed by atoms with van der Waals surface area (Å²) < 4.78 is 36.2. The zero-order valence-electron chi connectivity index (χ0n) is 19.0. The minimum Gasteiger partial charge on any atom is -0.452 e. The maximum atomic E-state index is 12.9. The van der Waals surface area contributed by atoms with Gasteiger partial charge in [0.15, 0.2) is 12.4 Å². The number of carbonyl (C=O) groups excluding carboxylic acids is 3. The van der Waals surface area contributed by atoms with Gasteiger partial charge in [-0.1, -0.05) is 36.4 Å². The van der Waals surface area contributed by atoms with Gasteiger partial charge >= 0.3 is 16.1 Å². The number of rotatable bonds is 6. The normalized spacial score (nSPS) is 13.0. The summed E-state index contributed by atoms with van der Waals surface area (Å²) in [6.07, 6.45) is 0. The molecule has 1 aliphatic heterocycles. The van der Waals surface area contributed by atoms with E-state index >= 15 is 0 Å². The third-order valence-corrected chi connectivity index (χ3v) is 6.70. The van der Waals surface area contributed by atoms with Gasteiger partial charge in [-0.25, -0.2) is 4.79 Å². The highest BCUT2D eigenvalue weighted by molar-refractivity contribution is 7.87. The van der Waals surface area contributed by atoms with E-state index in [1.165, 1.54) is 35.2 Å². The van der Waals surface area contributed by atoms with Gasteiger partial charge in [0.2, 0.25) is 5.91 Å². The smallest absolute Gasteiger partial charge is 0.342 e. The van der Waals surface area contributed by atoms with Crippen LogP contribution in [0.25, 0.3) is 0 Å². The molecule has 10 heteroatoms. The zero-order chi connectivity index (χ0) is 25.2. The van der Waals surface area contributed by atoms with E-state index in [-0.39, 0.29) is 28.7 Å². The summed E-state index contributed by atoms with van der Waals surface area (Å²) >= 11 is 0. The number of aryl methyl sites for hydroxylation is 2. The van der Waals surface area contributed by atoms with E-state index in [2.05, 4.69) is 5.32 Å². The molecule has 0 aromatic heterocycles. The molecule has 0 fully saturated rings. The number of anilines is 2. The minimum absolute atomic E-state index is 0.0158. The average molecular weight is 495 g/mol. The number of esters is 1. The predicted octanol–water partition coefficient (Wildman–Crippen LogP) is 3.21. The third kappa shape index (κ3) is 5.17. The summed E-state index contributed by atoms with van der Waals surface area (Å²) in [5, 5.41) is 2.67. The molecular formula is C25H22N2O7S. The summed E-state index contributed by atoms with van der Waals surface area (Å²) in [5.74, 6) is -2.16. The van der Waals surface area contributed by atoms with Gasteiger partial charge in [0.25, 0.3) is 5.91 Å². The van der Waals surface area contributed by atoms with Crippen molar-refractivity contribution >= 4 is 39.3 Å². The second-order valence-corrected chi connectivity index (χ2v) is 9.44. The van der Waals surface area contributed by atoms with Crippen LogP contribution in [0.15, 0.2) is 71.6 Å². The minimum atomic E-state index is -4.24. The maximum absolute atomic E-state index is 12.9. The summed E-state index contributed by atoms with van der Waals surface area (Å²) in [7, 11) is -4.24. The van der Waals surface area contributed by atoms with Crippen LogP contribution < -0.4 is 14.4 Å². The van der Waals surface area contributed by atoms with E-state index in [0.717, 1.165) is 5.56 Å². The molecule has 0 radical (unpaired) electrons. The van der Waals surface area contributed by atoms with Crippen LogP contribution >= 0.6 is 0 Å². The Kier molecular flexibility index (Phi) is 6.57. The van der Waals surface area contributed by atoms with Crippen LogP contribution in [0.4, 0.5) is 11.4 Å². The van der Waals surface area contributed by atoms with Gasteiger partial charge in [-0.15, -0.1) is 0 Å². The summed E-state index contributed by atoms with van der Waals surface area (Å²) in [5.41, 5.74) is 2.02. The maximum Gasteiger partial charge on any atom is 0.342 e. The summed E-state index contributed by atoms with van der Waals surface area (Å²) in [6.45, 7) is 2.52. The van der Waals surface area contributed by atoms with Crippen molar-refractivity contribution in [2.45, 2.75) is 18.7 Å². The molecule has 1 N–H and O–H groups in total. The van der Waals surface area contributed by atoms with E-state index < -0.39 is 28.6 Å². The van der Waals surface area contributed by atoms with Crippen LogP contribution in [-0.2, 0) is 24.4 Å². The van der Waals surface area contributed by atoms with Gasteiger partial charge in [0, 0.05) is 0 Å². The van der Waals surface area contributed by atoms with Crippen molar-refractivity contribution < 1.29 is 31.7 Å². The quantitative estimate of drug-likeness (QED) is 0.413. The SMILES string of the molecule is Cc1ccc(C)c(S(=O)(=O)Oc2ccccc2C(=O)OCC(=O)N2CC(=O)Nc3ccccc32)c1. The Hall–Kier alpha value is -4.18. The second kappa shape index (κ2) is 9.59. The van der Waals surface area contributed by atoms with E-state index in [0.29, 0.717) is 16.9 Å². The monoisotopic (exact) mass is 494 g/mol. The molecule has 1 aliphatic rings. The Morgan fingerprint density at radius 1 is 1.00 bits per heavy atom. The van der Waals surface area contributed by atoms with Crippen LogP contribution in [0.5, 0.6) is 5.75 Å². The topological polar surface area (TPSA) is 119 Å². The molecule has 9 nitrogen and oxygen atoms in total. The first-order valence-corrected chi connectivity index (χ1v) is 12.0. The Morgan fingerprint density at radius 3 is 2.51 bits per heavy atom. The molecule has 0 unspecified atom stereocenters. The number of hydrogen-bond donors (Lipinski definition) is 1. The van der Waals surface area contributed by atoms with Crippen molar-refractivity contribution in [3.8, 4) is 5.75 Å². The van der Waals surface area contributed by atoms with Gasteiger partial charge in [0.1, 0.15) is 17.0 Å². The summed E-state index contributed by atoms with van der Waals surface area (Å²) in [6, 6.07) is 17.4. The molecule has 1 heterocycles. The number of nitrogens with one attached hydrogen (secondary N) is 1.